The van der Waals surface area contributed by atoms with E-state index < -0.39 is 5.60 Å². The molecule has 1 atom stereocenters. The number of carbonyl (C=O) groups excluding carboxylic acids is 1. The highest BCUT2D eigenvalue weighted by Crippen LogP contribution is 2.34. The number of hydrogen-bond acceptors (Lipinski definition) is 7. The summed E-state index contributed by atoms with van der Waals surface area (Å²) >= 11 is 3.34. The first-order valence-electron chi connectivity index (χ1n) is 9.73. The van der Waals surface area contributed by atoms with Gasteiger partial charge in [0.05, 0.1) is 5.60 Å². The predicted molar refractivity (Wildman–Crippen MR) is 116 cm³/mol. The van der Waals surface area contributed by atoms with Gasteiger partial charge < -0.3 is 10.0 Å². The molecule has 1 unspecified atom stereocenters. The van der Waals surface area contributed by atoms with Crippen LogP contribution >= 0.6 is 23.1 Å². The van der Waals surface area contributed by atoms with Crippen molar-refractivity contribution >= 4 is 39.2 Å². The van der Waals surface area contributed by atoms with E-state index in [0.29, 0.717) is 13.0 Å². The Balaban J connectivity index is 1.53. The molecule has 0 spiro atoms. The van der Waals surface area contributed by atoms with E-state index >= 15 is 0 Å². The highest BCUT2D eigenvalue weighted by atomic mass is 32.2. The number of aromatic nitrogens is 2. The second-order valence-electron chi connectivity index (χ2n) is 8.21. The van der Waals surface area contributed by atoms with Crippen molar-refractivity contribution in [1.29, 1.82) is 0 Å². The van der Waals surface area contributed by atoms with Gasteiger partial charge in [-0.15, -0.1) is 23.1 Å². The van der Waals surface area contributed by atoms with Crippen molar-refractivity contribution < 1.29 is 9.90 Å². The Hall–Kier alpha value is -1.22. The number of fused-ring (bicyclic) bond motifs is 1. The quantitative estimate of drug-likeness (QED) is 0.570. The smallest absolute Gasteiger partial charge is 0.223 e. The number of piperazine rings is 1. The fraction of sp³-hybridized carbons (Fsp3) is 0.650. The lowest BCUT2D eigenvalue weighted by Gasteiger charge is -2.42. The summed E-state index contributed by atoms with van der Waals surface area (Å²) in [6, 6.07) is 0.259. The SMILES string of the molecule is Cc1sc2ncnc(SCCC(=O)N3CCN(CC(C)(C)O)C(C)C3)c2c1C. The van der Waals surface area contributed by atoms with Gasteiger partial charge in [-0.3, -0.25) is 9.69 Å². The fourth-order valence-corrected chi connectivity index (χ4v) is 5.65. The maximum atomic E-state index is 12.7. The highest BCUT2D eigenvalue weighted by Gasteiger charge is 2.29. The topological polar surface area (TPSA) is 69.6 Å². The van der Waals surface area contributed by atoms with Crippen molar-refractivity contribution in [3.63, 3.8) is 0 Å². The molecule has 2 aromatic rings. The number of nitrogens with zero attached hydrogens (tertiary/aromatic N) is 4. The van der Waals surface area contributed by atoms with Gasteiger partial charge in [-0.1, -0.05) is 0 Å². The van der Waals surface area contributed by atoms with Crippen molar-refractivity contribution in [2.75, 3.05) is 31.9 Å². The van der Waals surface area contributed by atoms with Crippen LogP contribution in [0.25, 0.3) is 10.2 Å². The van der Waals surface area contributed by atoms with Crippen molar-refractivity contribution in [2.24, 2.45) is 0 Å². The number of amides is 1. The van der Waals surface area contributed by atoms with Gasteiger partial charge in [0.2, 0.25) is 5.91 Å². The van der Waals surface area contributed by atoms with Crippen LogP contribution in [-0.4, -0.2) is 74.4 Å². The van der Waals surface area contributed by atoms with Crippen molar-refractivity contribution in [3.8, 4) is 0 Å². The lowest BCUT2D eigenvalue weighted by molar-refractivity contribution is -0.134. The summed E-state index contributed by atoms with van der Waals surface area (Å²) in [5.74, 6) is 0.920. The number of aryl methyl sites for hydroxylation is 2. The summed E-state index contributed by atoms with van der Waals surface area (Å²) in [6.07, 6.45) is 2.13. The Morgan fingerprint density at radius 2 is 2.11 bits per heavy atom. The first kappa shape index (κ1) is 21.5. The maximum absolute atomic E-state index is 12.7. The first-order valence-corrected chi connectivity index (χ1v) is 11.5. The Morgan fingerprint density at radius 1 is 1.36 bits per heavy atom. The average molecular weight is 423 g/mol. The van der Waals surface area contributed by atoms with Crippen molar-refractivity contribution in [3.05, 3.63) is 16.8 Å². The van der Waals surface area contributed by atoms with Crippen LogP contribution in [0.5, 0.6) is 0 Å². The summed E-state index contributed by atoms with van der Waals surface area (Å²) in [6.45, 7) is 12.9. The molecule has 0 aliphatic carbocycles. The van der Waals surface area contributed by atoms with Crippen LogP contribution < -0.4 is 0 Å². The second-order valence-corrected chi connectivity index (χ2v) is 10.5. The highest BCUT2D eigenvalue weighted by molar-refractivity contribution is 7.99. The molecule has 28 heavy (non-hydrogen) atoms. The molecular weight excluding hydrogens is 392 g/mol. The molecule has 2 aromatic heterocycles. The third-order valence-electron chi connectivity index (χ3n) is 5.19. The third-order valence-corrected chi connectivity index (χ3v) is 7.30. The number of aliphatic hydroxyl groups is 1. The molecule has 154 valence electrons. The third kappa shape index (κ3) is 5.03. The van der Waals surface area contributed by atoms with Crippen molar-refractivity contribution in [2.45, 2.75) is 57.7 Å². The van der Waals surface area contributed by atoms with Gasteiger partial charge in [-0.05, 0) is 40.2 Å². The largest absolute Gasteiger partial charge is 0.389 e. The molecule has 3 heterocycles. The van der Waals surface area contributed by atoms with E-state index in [1.54, 1.807) is 29.4 Å². The van der Waals surface area contributed by atoms with Gasteiger partial charge in [0.15, 0.2) is 0 Å². The van der Waals surface area contributed by atoms with E-state index in [2.05, 4.69) is 35.6 Å². The summed E-state index contributed by atoms with van der Waals surface area (Å²) < 4.78 is 0. The normalized spacial score (nSPS) is 18.8. The molecule has 6 nitrogen and oxygen atoms in total. The molecule has 1 aliphatic rings. The first-order chi connectivity index (χ1) is 13.2. The summed E-state index contributed by atoms with van der Waals surface area (Å²) in [5, 5.41) is 12.2. The number of rotatable bonds is 6. The Morgan fingerprint density at radius 3 is 2.79 bits per heavy atom. The van der Waals surface area contributed by atoms with Gasteiger partial charge in [0.25, 0.3) is 0 Å². The number of β-amino-alcohol motifs (C(OH)–C–C–N with tert-alkyl or cyclic N) is 1. The summed E-state index contributed by atoms with van der Waals surface area (Å²) in [4.78, 5) is 28.0. The lowest BCUT2D eigenvalue weighted by Crippen LogP contribution is -2.56. The van der Waals surface area contributed by atoms with E-state index in [4.69, 9.17) is 0 Å². The molecule has 3 rings (SSSR count). The van der Waals surface area contributed by atoms with Crippen LogP contribution in [0.3, 0.4) is 0 Å². The number of thiophene rings is 1. The van der Waals surface area contributed by atoms with Crippen LogP contribution in [0.15, 0.2) is 11.4 Å². The molecule has 0 aromatic carbocycles. The minimum Gasteiger partial charge on any atom is -0.389 e. The van der Waals surface area contributed by atoms with Gasteiger partial charge in [-0.25, -0.2) is 9.97 Å². The zero-order valence-corrected chi connectivity index (χ0v) is 19.0. The number of carbonyl (C=O) groups is 1. The van der Waals surface area contributed by atoms with Crippen LogP contribution in [0.4, 0.5) is 0 Å². The molecule has 0 radical (unpaired) electrons. The van der Waals surface area contributed by atoms with Crippen LogP contribution in [0.2, 0.25) is 0 Å². The standard InChI is InChI=1S/C20H30N4O2S2/c1-13-10-23(7-8-24(13)11-20(4,5)26)16(25)6-9-27-18-17-14(2)15(3)28-19(17)22-12-21-18/h12-13,26H,6-11H2,1-5H3. The van der Waals surface area contributed by atoms with E-state index in [9.17, 15) is 9.90 Å². The zero-order valence-electron chi connectivity index (χ0n) is 17.4. The van der Waals surface area contributed by atoms with Gasteiger partial charge in [-0.2, -0.15) is 0 Å². The molecule has 1 aliphatic heterocycles. The van der Waals surface area contributed by atoms with Crippen LogP contribution in [0.1, 0.15) is 37.6 Å². The molecular formula is C20H30N4O2S2. The lowest BCUT2D eigenvalue weighted by atomic mass is 10.1. The van der Waals surface area contributed by atoms with Gasteiger partial charge in [0.1, 0.15) is 16.2 Å². The predicted octanol–water partition coefficient (Wildman–Crippen LogP) is 3.09. The molecule has 1 N–H and O–H groups in total. The summed E-state index contributed by atoms with van der Waals surface area (Å²) in [7, 11) is 0. The molecule has 0 saturated carbocycles. The van der Waals surface area contributed by atoms with Gasteiger partial charge >= 0.3 is 0 Å². The average Bonchev–Trinajstić information content (AvgIpc) is 2.90. The molecule has 1 saturated heterocycles. The molecule has 0 bridgehead atoms. The Kier molecular flexibility index (Phi) is 6.64. The molecule has 1 fully saturated rings. The second kappa shape index (κ2) is 8.65. The van der Waals surface area contributed by atoms with E-state index in [1.165, 1.54) is 10.4 Å². The minimum atomic E-state index is -0.710. The van der Waals surface area contributed by atoms with E-state index in [0.717, 1.165) is 40.6 Å². The monoisotopic (exact) mass is 422 g/mol. The molecule has 8 heteroatoms. The Bertz CT molecular complexity index is 847. The van der Waals surface area contributed by atoms with Crippen LogP contribution in [0, 0.1) is 13.8 Å². The summed E-state index contributed by atoms with van der Waals surface area (Å²) in [5.41, 5.74) is 0.532. The maximum Gasteiger partial charge on any atom is 0.223 e. The fourth-order valence-electron chi connectivity index (χ4n) is 3.61. The zero-order chi connectivity index (χ0) is 20.5. The number of hydrogen-bond donors (Lipinski definition) is 1. The van der Waals surface area contributed by atoms with Crippen molar-refractivity contribution in [1.82, 2.24) is 19.8 Å². The minimum absolute atomic E-state index is 0.200. The number of thioether (sulfide) groups is 1. The van der Waals surface area contributed by atoms with Gasteiger partial charge in [0, 0.05) is 54.7 Å². The van der Waals surface area contributed by atoms with E-state index in [-0.39, 0.29) is 11.9 Å². The van der Waals surface area contributed by atoms with E-state index in [1.807, 2.05) is 18.7 Å². The Labute approximate surface area is 175 Å². The molecule has 1 amide bonds. The van der Waals surface area contributed by atoms with Crippen LogP contribution in [-0.2, 0) is 4.79 Å².